The topological polar surface area (TPSA) is 21.3 Å². The van der Waals surface area contributed by atoms with Crippen LogP contribution in [0.2, 0.25) is 5.02 Å². The lowest BCUT2D eigenvalue weighted by Crippen LogP contribution is -2.21. The van der Waals surface area contributed by atoms with Crippen molar-refractivity contribution in [2.45, 2.75) is 32.2 Å². The van der Waals surface area contributed by atoms with Crippen molar-refractivity contribution in [1.82, 2.24) is 5.32 Å². The van der Waals surface area contributed by atoms with Gasteiger partial charge in [0.25, 0.3) is 0 Å². The number of hydrogen-bond donors (Lipinski definition) is 1. The molecule has 0 bridgehead atoms. The van der Waals surface area contributed by atoms with Gasteiger partial charge in [0.2, 0.25) is 0 Å². The Labute approximate surface area is 108 Å². The van der Waals surface area contributed by atoms with Gasteiger partial charge in [0, 0.05) is 17.1 Å². The Balaban J connectivity index is 1.86. The zero-order valence-electron chi connectivity index (χ0n) is 10.3. The van der Waals surface area contributed by atoms with Gasteiger partial charge < -0.3 is 10.1 Å². The van der Waals surface area contributed by atoms with E-state index >= 15 is 0 Å². The molecule has 3 heteroatoms. The maximum absolute atomic E-state index is 6.00. The Morgan fingerprint density at radius 2 is 2.12 bits per heavy atom. The van der Waals surface area contributed by atoms with E-state index in [9.17, 15) is 0 Å². The zero-order chi connectivity index (χ0) is 12.1. The van der Waals surface area contributed by atoms with Crippen LogP contribution in [-0.4, -0.2) is 13.7 Å². The molecule has 0 aromatic heterocycles. The summed E-state index contributed by atoms with van der Waals surface area (Å²) < 4.78 is 5.32. The summed E-state index contributed by atoms with van der Waals surface area (Å²) >= 11 is 6.00. The van der Waals surface area contributed by atoms with Gasteiger partial charge in [0.15, 0.2) is 0 Å². The van der Waals surface area contributed by atoms with Crippen LogP contribution in [0.3, 0.4) is 0 Å². The molecule has 0 amide bonds. The van der Waals surface area contributed by atoms with Crippen LogP contribution in [0, 0.1) is 5.92 Å². The second-order valence-electron chi connectivity index (χ2n) is 4.74. The molecule has 0 unspecified atom stereocenters. The molecule has 0 aliphatic heterocycles. The van der Waals surface area contributed by atoms with E-state index in [1.54, 1.807) is 7.11 Å². The van der Waals surface area contributed by atoms with Gasteiger partial charge in [-0.25, -0.2) is 0 Å². The number of halogens is 1. The summed E-state index contributed by atoms with van der Waals surface area (Å²) in [5.74, 6) is 1.77. The summed E-state index contributed by atoms with van der Waals surface area (Å²) in [6.45, 7) is 1.94. The normalized spacial score (nSPS) is 16.4. The SMILES string of the molecule is COc1ccc(Cl)cc1CNCC1CCCC1. The number of ether oxygens (including phenoxy) is 1. The molecule has 0 spiro atoms. The van der Waals surface area contributed by atoms with Crippen molar-refractivity contribution >= 4 is 11.6 Å². The molecule has 1 aromatic rings. The first-order valence-electron chi connectivity index (χ1n) is 6.32. The van der Waals surface area contributed by atoms with Crippen LogP contribution in [0.15, 0.2) is 18.2 Å². The first-order chi connectivity index (χ1) is 8.29. The molecular weight excluding hydrogens is 234 g/mol. The second-order valence-corrected chi connectivity index (χ2v) is 5.17. The van der Waals surface area contributed by atoms with Crippen molar-refractivity contribution in [3.05, 3.63) is 28.8 Å². The summed E-state index contributed by atoms with van der Waals surface area (Å²) in [5.41, 5.74) is 1.14. The first-order valence-corrected chi connectivity index (χ1v) is 6.70. The number of benzene rings is 1. The lowest BCUT2D eigenvalue weighted by molar-refractivity contribution is 0.405. The van der Waals surface area contributed by atoms with Crippen LogP contribution >= 0.6 is 11.6 Å². The number of rotatable bonds is 5. The highest BCUT2D eigenvalue weighted by molar-refractivity contribution is 6.30. The molecule has 0 atom stereocenters. The van der Waals surface area contributed by atoms with E-state index in [0.717, 1.165) is 35.3 Å². The molecule has 94 valence electrons. The highest BCUT2D eigenvalue weighted by Gasteiger charge is 2.14. The fourth-order valence-electron chi connectivity index (χ4n) is 2.51. The molecule has 1 aromatic carbocycles. The predicted molar refractivity (Wildman–Crippen MR) is 71.7 cm³/mol. The highest BCUT2D eigenvalue weighted by atomic mass is 35.5. The molecule has 2 nitrogen and oxygen atoms in total. The van der Waals surface area contributed by atoms with E-state index in [2.05, 4.69) is 5.32 Å². The maximum atomic E-state index is 6.00. The molecule has 0 heterocycles. The average molecular weight is 254 g/mol. The van der Waals surface area contributed by atoms with Gasteiger partial charge in [0.1, 0.15) is 5.75 Å². The summed E-state index contributed by atoms with van der Waals surface area (Å²) in [6, 6.07) is 5.76. The van der Waals surface area contributed by atoms with Gasteiger partial charge in [-0.1, -0.05) is 24.4 Å². The Bertz CT molecular complexity index is 361. The Morgan fingerprint density at radius 1 is 1.35 bits per heavy atom. The fourth-order valence-corrected chi connectivity index (χ4v) is 2.71. The van der Waals surface area contributed by atoms with Gasteiger partial charge >= 0.3 is 0 Å². The molecule has 1 fully saturated rings. The number of methoxy groups -OCH3 is 1. The molecular formula is C14H20ClNO. The molecule has 1 N–H and O–H groups in total. The van der Waals surface area contributed by atoms with Gasteiger partial charge in [-0.15, -0.1) is 0 Å². The van der Waals surface area contributed by atoms with Crippen molar-refractivity contribution in [2.75, 3.05) is 13.7 Å². The van der Waals surface area contributed by atoms with Gasteiger partial charge in [-0.05, 0) is 43.5 Å². The summed E-state index contributed by atoms with van der Waals surface area (Å²) in [4.78, 5) is 0. The first kappa shape index (κ1) is 12.7. The van der Waals surface area contributed by atoms with Crippen molar-refractivity contribution in [3.63, 3.8) is 0 Å². The minimum Gasteiger partial charge on any atom is -0.496 e. The molecule has 17 heavy (non-hydrogen) atoms. The van der Waals surface area contributed by atoms with Crippen LogP contribution in [0.4, 0.5) is 0 Å². The summed E-state index contributed by atoms with van der Waals surface area (Å²) in [5, 5.41) is 4.27. The third-order valence-electron chi connectivity index (χ3n) is 3.47. The summed E-state index contributed by atoms with van der Waals surface area (Å²) in [7, 11) is 1.70. The van der Waals surface area contributed by atoms with E-state index in [-0.39, 0.29) is 0 Å². The fraction of sp³-hybridized carbons (Fsp3) is 0.571. The maximum Gasteiger partial charge on any atom is 0.123 e. The summed E-state index contributed by atoms with van der Waals surface area (Å²) in [6.07, 6.45) is 5.54. The molecule has 1 aliphatic carbocycles. The van der Waals surface area contributed by atoms with Crippen LogP contribution in [0.1, 0.15) is 31.2 Å². The number of hydrogen-bond acceptors (Lipinski definition) is 2. The standard InChI is InChI=1S/C14H20ClNO/c1-17-14-7-6-13(15)8-12(14)10-16-9-11-4-2-3-5-11/h6-8,11,16H,2-5,9-10H2,1H3. The van der Waals surface area contributed by atoms with Crippen molar-refractivity contribution in [1.29, 1.82) is 0 Å². The highest BCUT2D eigenvalue weighted by Crippen LogP contribution is 2.25. The van der Waals surface area contributed by atoms with Crippen molar-refractivity contribution in [3.8, 4) is 5.75 Å². The third kappa shape index (κ3) is 3.62. The predicted octanol–water partition coefficient (Wildman–Crippen LogP) is 3.63. The van der Waals surface area contributed by atoms with Crippen LogP contribution in [-0.2, 0) is 6.54 Å². The lowest BCUT2D eigenvalue weighted by atomic mass is 10.1. The van der Waals surface area contributed by atoms with E-state index in [1.165, 1.54) is 25.7 Å². The lowest BCUT2D eigenvalue weighted by Gasteiger charge is -2.13. The van der Waals surface area contributed by atoms with E-state index < -0.39 is 0 Å². The quantitative estimate of drug-likeness (QED) is 0.865. The Kier molecular flexibility index (Phi) is 4.69. The van der Waals surface area contributed by atoms with Crippen LogP contribution in [0.5, 0.6) is 5.75 Å². The zero-order valence-corrected chi connectivity index (χ0v) is 11.1. The van der Waals surface area contributed by atoms with E-state index in [4.69, 9.17) is 16.3 Å². The molecule has 0 radical (unpaired) electrons. The Morgan fingerprint density at radius 3 is 2.82 bits per heavy atom. The van der Waals surface area contributed by atoms with Crippen molar-refractivity contribution in [2.24, 2.45) is 5.92 Å². The Hall–Kier alpha value is -0.730. The third-order valence-corrected chi connectivity index (χ3v) is 3.70. The van der Waals surface area contributed by atoms with E-state index in [0.29, 0.717) is 0 Å². The average Bonchev–Trinajstić information content (AvgIpc) is 2.82. The minimum atomic E-state index is 0.767. The smallest absolute Gasteiger partial charge is 0.123 e. The van der Waals surface area contributed by atoms with Crippen molar-refractivity contribution < 1.29 is 4.74 Å². The molecule has 2 rings (SSSR count). The molecule has 1 aliphatic rings. The minimum absolute atomic E-state index is 0.767. The molecule has 1 saturated carbocycles. The van der Waals surface area contributed by atoms with E-state index in [1.807, 2.05) is 18.2 Å². The number of nitrogens with one attached hydrogen (secondary N) is 1. The second kappa shape index (κ2) is 6.27. The van der Waals surface area contributed by atoms with Gasteiger partial charge in [0.05, 0.1) is 7.11 Å². The monoisotopic (exact) mass is 253 g/mol. The van der Waals surface area contributed by atoms with Crippen LogP contribution in [0.25, 0.3) is 0 Å². The van der Waals surface area contributed by atoms with Gasteiger partial charge in [-0.3, -0.25) is 0 Å². The van der Waals surface area contributed by atoms with Crippen LogP contribution < -0.4 is 10.1 Å². The van der Waals surface area contributed by atoms with Gasteiger partial charge in [-0.2, -0.15) is 0 Å². The molecule has 0 saturated heterocycles. The largest absolute Gasteiger partial charge is 0.496 e.